The van der Waals surface area contributed by atoms with E-state index < -0.39 is 0 Å². The maximum absolute atomic E-state index is 12.4. The Labute approximate surface area is 120 Å². The molecule has 0 aliphatic carbocycles. The monoisotopic (exact) mass is 269 g/mol. The highest BCUT2D eigenvalue weighted by atomic mass is 16.2. The van der Waals surface area contributed by atoms with Crippen LogP contribution in [0.5, 0.6) is 0 Å². The van der Waals surface area contributed by atoms with Crippen LogP contribution in [0.1, 0.15) is 86.0 Å². The fourth-order valence-electron chi connectivity index (χ4n) is 2.22. The number of nitrogens with zero attached hydrogens (tertiary/aromatic N) is 1. The Hall–Kier alpha value is -0.530. The fraction of sp³-hybridized carbons (Fsp3) is 0.941. The topological polar surface area (TPSA) is 20.3 Å². The molecule has 0 aromatic carbocycles. The molecule has 0 atom stereocenters. The summed E-state index contributed by atoms with van der Waals surface area (Å²) in [5, 5.41) is 0. The van der Waals surface area contributed by atoms with E-state index in [1.165, 1.54) is 32.1 Å². The maximum atomic E-state index is 12.4. The predicted octanol–water partition coefficient (Wildman–Crippen LogP) is 5.02. The van der Waals surface area contributed by atoms with Gasteiger partial charge < -0.3 is 4.90 Å². The van der Waals surface area contributed by atoms with Crippen LogP contribution < -0.4 is 0 Å². The van der Waals surface area contributed by atoms with E-state index in [0.29, 0.717) is 5.91 Å². The molecule has 0 bridgehead atoms. The van der Waals surface area contributed by atoms with Crippen molar-refractivity contribution in [3.05, 3.63) is 0 Å². The SMILES string of the molecule is CCCCCCCCN(CCCC)C(=O)C(C)(C)C. The van der Waals surface area contributed by atoms with Crippen LogP contribution in [0, 0.1) is 5.41 Å². The van der Waals surface area contributed by atoms with Crippen molar-refractivity contribution in [3.8, 4) is 0 Å². The van der Waals surface area contributed by atoms with E-state index in [1.807, 2.05) is 20.8 Å². The zero-order valence-corrected chi connectivity index (χ0v) is 13.9. The van der Waals surface area contributed by atoms with E-state index in [2.05, 4.69) is 18.7 Å². The molecule has 0 unspecified atom stereocenters. The third kappa shape index (κ3) is 9.07. The Morgan fingerprint density at radius 3 is 1.79 bits per heavy atom. The van der Waals surface area contributed by atoms with E-state index in [9.17, 15) is 4.79 Å². The summed E-state index contributed by atoms with van der Waals surface area (Å²) in [5.41, 5.74) is -0.240. The lowest BCUT2D eigenvalue weighted by molar-refractivity contribution is -0.139. The van der Waals surface area contributed by atoms with Crippen LogP contribution in [0.25, 0.3) is 0 Å². The van der Waals surface area contributed by atoms with Crippen molar-refractivity contribution in [2.24, 2.45) is 5.41 Å². The van der Waals surface area contributed by atoms with Crippen LogP contribution >= 0.6 is 0 Å². The smallest absolute Gasteiger partial charge is 0.227 e. The molecule has 0 aliphatic rings. The lowest BCUT2D eigenvalue weighted by Crippen LogP contribution is -2.40. The van der Waals surface area contributed by atoms with Crippen molar-refractivity contribution < 1.29 is 4.79 Å². The van der Waals surface area contributed by atoms with Gasteiger partial charge >= 0.3 is 0 Å². The second-order valence-electron chi connectivity index (χ2n) is 6.66. The number of hydrogen-bond donors (Lipinski definition) is 0. The predicted molar refractivity (Wildman–Crippen MR) is 84.3 cm³/mol. The van der Waals surface area contributed by atoms with Gasteiger partial charge in [0, 0.05) is 18.5 Å². The molecule has 0 N–H and O–H groups in total. The summed E-state index contributed by atoms with van der Waals surface area (Å²) in [5.74, 6) is 0.314. The summed E-state index contributed by atoms with van der Waals surface area (Å²) in [6.07, 6.45) is 10.0. The first-order chi connectivity index (χ1) is 8.93. The summed E-state index contributed by atoms with van der Waals surface area (Å²) >= 11 is 0. The second kappa shape index (κ2) is 10.3. The van der Waals surface area contributed by atoms with E-state index in [-0.39, 0.29) is 5.41 Å². The van der Waals surface area contributed by atoms with Crippen LogP contribution in [-0.2, 0) is 4.79 Å². The van der Waals surface area contributed by atoms with Gasteiger partial charge in [-0.1, -0.05) is 73.1 Å². The molecule has 0 aromatic heterocycles. The van der Waals surface area contributed by atoms with Crippen LogP contribution in [0.3, 0.4) is 0 Å². The Balaban J connectivity index is 4.03. The average molecular weight is 269 g/mol. The molecule has 114 valence electrons. The molecule has 0 saturated heterocycles. The van der Waals surface area contributed by atoms with Crippen molar-refractivity contribution in [2.45, 2.75) is 86.0 Å². The molecular weight excluding hydrogens is 234 g/mol. The highest BCUT2D eigenvalue weighted by Crippen LogP contribution is 2.18. The van der Waals surface area contributed by atoms with E-state index in [1.54, 1.807) is 0 Å². The number of carbonyl (C=O) groups excluding carboxylic acids is 1. The number of carbonyl (C=O) groups is 1. The van der Waals surface area contributed by atoms with Crippen molar-refractivity contribution in [2.75, 3.05) is 13.1 Å². The molecule has 0 aliphatic heterocycles. The lowest BCUT2D eigenvalue weighted by atomic mass is 9.94. The summed E-state index contributed by atoms with van der Waals surface area (Å²) < 4.78 is 0. The molecule has 0 radical (unpaired) electrons. The minimum Gasteiger partial charge on any atom is -0.342 e. The molecular formula is C17H35NO. The first kappa shape index (κ1) is 18.5. The summed E-state index contributed by atoms with van der Waals surface area (Å²) in [6, 6.07) is 0. The first-order valence-corrected chi connectivity index (χ1v) is 8.22. The van der Waals surface area contributed by atoms with Gasteiger partial charge in [0.15, 0.2) is 0 Å². The second-order valence-corrected chi connectivity index (χ2v) is 6.66. The zero-order chi connectivity index (χ0) is 14.7. The summed E-state index contributed by atoms with van der Waals surface area (Å²) in [4.78, 5) is 14.4. The van der Waals surface area contributed by atoms with Gasteiger partial charge in [0.2, 0.25) is 5.91 Å². The minimum absolute atomic E-state index is 0.240. The van der Waals surface area contributed by atoms with Crippen molar-refractivity contribution in [3.63, 3.8) is 0 Å². The molecule has 2 nitrogen and oxygen atoms in total. The molecule has 0 heterocycles. The third-order valence-electron chi connectivity index (χ3n) is 3.49. The van der Waals surface area contributed by atoms with Gasteiger partial charge in [-0.3, -0.25) is 4.79 Å². The normalized spacial score (nSPS) is 11.6. The summed E-state index contributed by atoms with van der Waals surface area (Å²) in [7, 11) is 0. The van der Waals surface area contributed by atoms with Gasteiger partial charge in [-0.15, -0.1) is 0 Å². The molecule has 0 spiro atoms. The lowest BCUT2D eigenvalue weighted by Gasteiger charge is -2.29. The number of hydrogen-bond acceptors (Lipinski definition) is 1. The zero-order valence-electron chi connectivity index (χ0n) is 13.9. The first-order valence-electron chi connectivity index (χ1n) is 8.22. The van der Waals surface area contributed by atoms with Gasteiger partial charge in [0.25, 0.3) is 0 Å². The van der Waals surface area contributed by atoms with Gasteiger partial charge in [0.1, 0.15) is 0 Å². The Bertz CT molecular complexity index is 230. The summed E-state index contributed by atoms with van der Waals surface area (Å²) in [6.45, 7) is 12.4. The Morgan fingerprint density at radius 2 is 1.26 bits per heavy atom. The van der Waals surface area contributed by atoms with Crippen molar-refractivity contribution in [1.29, 1.82) is 0 Å². The molecule has 0 aromatic rings. The molecule has 0 saturated carbocycles. The Morgan fingerprint density at radius 1 is 0.789 bits per heavy atom. The van der Waals surface area contributed by atoms with E-state index in [4.69, 9.17) is 0 Å². The third-order valence-corrected chi connectivity index (χ3v) is 3.49. The minimum atomic E-state index is -0.240. The number of rotatable bonds is 10. The fourth-order valence-corrected chi connectivity index (χ4v) is 2.22. The van der Waals surface area contributed by atoms with Crippen LogP contribution in [0.15, 0.2) is 0 Å². The highest BCUT2D eigenvalue weighted by molar-refractivity contribution is 5.81. The van der Waals surface area contributed by atoms with Crippen LogP contribution in [-0.4, -0.2) is 23.9 Å². The quantitative estimate of drug-likeness (QED) is 0.510. The van der Waals surface area contributed by atoms with Gasteiger partial charge in [-0.05, 0) is 12.8 Å². The van der Waals surface area contributed by atoms with E-state index in [0.717, 1.165) is 32.4 Å². The largest absolute Gasteiger partial charge is 0.342 e. The van der Waals surface area contributed by atoms with Gasteiger partial charge in [-0.2, -0.15) is 0 Å². The van der Waals surface area contributed by atoms with Crippen molar-refractivity contribution in [1.82, 2.24) is 4.90 Å². The molecule has 2 heteroatoms. The van der Waals surface area contributed by atoms with Crippen molar-refractivity contribution >= 4 is 5.91 Å². The molecule has 1 amide bonds. The average Bonchev–Trinajstić information content (AvgIpc) is 2.35. The standard InChI is InChI=1S/C17H35NO/c1-6-8-10-11-12-13-15-18(14-9-7-2)16(19)17(3,4)5/h6-15H2,1-5H3. The van der Waals surface area contributed by atoms with Gasteiger partial charge in [0.05, 0.1) is 0 Å². The van der Waals surface area contributed by atoms with E-state index >= 15 is 0 Å². The highest BCUT2D eigenvalue weighted by Gasteiger charge is 2.26. The van der Waals surface area contributed by atoms with Crippen LogP contribution in [0.4, 0.5) is 0 Å². The molecule has 0 rings (SSSR count). The van der Waals surface area contributed by atoms with Crippen LogP contribution in [0.2, 0.25) is 0 Å². The number of amides is 1. The number of unbranched alkanes of at least 4 members (excludes halogenated alkanes) is 6. The maximum Gasteiger partial charge on any atom is 0.227 e. The molecule has 19 heavy (non-hydrogen) atoms. The molecule has 0 fully saturated rings. The van der Waals surface area contributed by atoms with Gasteiger partial charge in [-0.25, -0.2) is 0 Å². The Kier molecular flexibility index (Phi) is 9.99.